The number of anilines is 2. The van der Waals surface area contributed by atoms with Gasteiger partial charge in [-0.25, -0.2) is 0 Å². The van der Waals surface area contributed by atoms with Crippen molar-refractivity contribution in [3.8, 4) is 5.75 Å². The maximum Gasteiger partial charge on any atom is 0.317 e. The first-order valence-electron chi connectivity index (χ1n) is 5.56. The summed E-state index contributed by atoms with van der Waals surface area (Å²) in [5, 5.41) is 11.2. The Morgan fingerprint density at radius 3 is 2.68 bits per heavy atom. The third kappa shape index (κ3) is 4.84. The molecule has 0 aromatic heterocycles. The molecule has 7 nitrogen and oxygen atoms in total. The van der Waals surface area contributed by atoms with E-state index in [0.717, 1.165) is 0 Å². The van der Waals surface area contributed by atoms with Gasteiger partial charge in [-0.15, -0.1) is 0 Å². The number of carbonyl (C=O) groups is 2. The number of aliphatic carboxylic acids is 1. The van der Waals surface area contributed by atoms with Crippen LogP contribution in [0.2, 0.25) is 0 Å². The number of nitrogens with two attached hydrogens (primary N) is 1. The fraction of sp³-hybridized carbons (Fsp3) is 0.333. The standard InChI is InChI=1S/C12H17N3O4/c1-15(7-12(17)18)6-11(16)14-9-4-3-8(13)5-10(9)19-2/h3-5H,6-7,13H2,1-2H3,(H,14,16)(H,17,18). The van der Waals surface area contributed by atoms with Gasteiger partial charge >= 0.3 is 5.97 Å². The van der Waals surface area contributed by atoms with E-state index in [4.69, 9.17) is 15.6 Å². The summed E-state index contributed by atoms with van der Waals surface area (Å²) in [6.07, 6.45) is 0. The number of carboxylic acid groups (broad SMARTS) is 1. The Balaban J connectivity index is 2.64. The Morgan fingerprint density at radius 1 is 1.42 bits per heavy atom. The summed E-state index contributed by atoms with van der Waals surface area (Å²) < 4.78 is 5.09. The van der Waals surface area contributed by atoms with E-state index in [2.05, 4.69) is 5.32 Å². The number of carbonyl (C=O) groups excluding carboxylic acids is 1. The molecule has 0 heterocycles. The summed E-state index contributed by atoms with van der Waals surface area (Å²) in [4.78, 5) is 23.6. The van der Waals surface area contributed by atoms with Gasteiger partial charge in [0.2, 0.25) is 5.91 Å². The predicted molar refractivity (Wildman–Crippen MR) is 71.2 cm³/mol. The molecule has 0 saturated carbocycles. The van der Waals surface area contributed by atoms with Crippen LogP contribution < -0.4 is 15.8 Å². The quantitative estimate of drug-likeness (QED) is 0.637. The lowest BCUT2D eigenvalue weighted by Crippen LogP contribution is -2.33. The Morgan fingerprint density at radius 2 is 2.11 bits per heavy atom. The minimum Gasteiger partial charge on any atom is -0.494 e. The Labute approximate surface area is 111 Å². The van der Waals surface area contributed by atoms with E-state index < -0.39 is 5.97 Å². The first-order valence-corrected chi connectivity index (χ1v) is 5.56. The topological polar surface area (TPSA) is 105 Å². The Hall–Kier alpha value is -2.28. The number of carboxylic acids is 1. The fourth-order valence-corrected chi connectivity index (χ4v) is 1.53. The zero-order valence-electron chi connectivity index (χ0n) is 10.8. The molecule has 0 aliphatic rings. The molecule has 104 valence electrons. The summed E-state index contributed by atoms with van der Waals surface area (Å²) in [5.41, 5.74) is 6.62. The molecule has 0 fully saturated rings. The van der Waals surface area contributed by atoms with Crippen molar-refractivity contribution in [1.29, 1.82) is 0 Å². The van der Waals surface area contributed by atoms with E-state index in [1.54, 1.807) is 25.2 Å². The maximum atomic E-state index is 11.7. The van der Waals surface area contributed by atoms with Gasteiger partial charge in [-0.3, -0.25) is 14.5 Å². The second-order valence-corrected chi connectivity index (χ2v) is 4.07. The van der Waals surface area contributed by atoms with E-state index in [9.17, 15) is 9.59 Å². The van der Waals surface area contributed by atoms with Gasteiger partial charge in [0.15, 0.2) is 0 Å². The Bertz CT molecular complexity index is 476. The van der Waals surface area contributed by atoms with Crippen molar-refractivity contribution in [3.05, 3.63) is 18.2 Å². The summed E-state index contributed by atoms with van der Waals surface area (Å²) in [6.45, 7) is -0.230. The van der Waals surface area contributed by atoms with E-state index in [1.807, 2.05) is 0 Å². The van der Waals surface area contributed by atoms with Crippen LogP contribution in [0.4, 0.5) is 11.4 Å². The summed E-state index contributed by atoms with van der Waals surface area (Å²) >= 11 is 0. The van der Waals surface area contributed by atoms with Gasteiger partial charge in [-0.2, -0.15) is 0 Å². The highest BCUT2D eigenvalue weighted by atomic mass is 16.5. The van der Waals surface area contributed by atoms with E-state index in [0.29, 0.717) is 17.1 Å². The lowest BCUT2D eigenvalue weighted by Gasteiger charge is -2.15. The monoisotopic (exact) mass is 267 g/mol. The Kier molecular flexibility index (Phi) is 5.13. The molecule has 1 rings (SSSR count). The van der Waals surface area contributed by atoms with Gasteiger partial charge in [0, 0.05) is 11.8 Å². The van der Waals surface area contributed by atoms with Gasteiger partial charge in [0.05, 0.1) is 25.9 Å². The number of rotatable bonds is 6. The number of amides is 1. The number of nitrogen functional groups attached to an aromatic ring is 1. The predicted octanol–water partition coefficient (Wildman–Crippen LogP) is 0.232. The molecule has 0 aliphatic heterocycles. The number of methoxy groups -OCH3 is 1. The van der Waals surface area contributed by atoms with Gasteiger partial charge in [-0.1, -0.05) is 0 Å². The molecule has 0 saturated heterocycles. The van der Waals surface area contributed by atoms with Crippen molar-refractivity contribution in [2.75, 3.05) is 38.3 Å². The van der Waals surface area contributed by atoms with Crippen molar-refractivity contribution in [3.63, 3.8) is 0 Å². The molecule has 0 unspecified atom stereocenters. The van der Waals surface area contributed by atoms with Gasteiger partial charge < -0.3 is 20.9 Å². The lowest BCUT2D eigenvalue weighted by molar-refractivity contribution is -0.138. The van der Waals surface area contributed by atoms with Crippen molar-refractivity contribution in [2.24, 2.45) is 0 Å². The third-order valence-electron chi connectivity index (χ3n) is 2.32. The van der Waals surface area contributed by atoms with Gasteiger partial charge in [-0.05, 0) is 19.2 Å². The van der Waals surface area contributed by atoms with Crippen molar-refractivity contribution < 1.29 is 19.4 Å². The number of likely N-dealkylation sites (N-methyl/N-ethyl adjacent to an activating group) is 1. The van der Waals surface area contributed by atoms with Gasteiger partial charge in [0.1, 0.15) is 5.75 Å². The molecule has 0 spiro atoms. The third-order valence-corrected chi connectivity index (χ3v) is 2.32. The average molecular weight is 267 g/mol. The first kappa shape index (κ1) is 14.8. The highest BCUT2D eigenvalue weighted by Gasteiger charge is 2.12. The van der Waals surface area contributed by atoms with E-state index in [-0.39, 0.29) is 19.0 Å². The zero-order chi connectivity index (χ0) is 14.4. The minimum atomic E-state index is -0.986. The fourth-order valence-electron chi connectivity index (χ4n) is 1.53. The molecular weight excluding hydrogens is 250 g/mol. The molecule has 1 aromatic rings. The maximum absolute atomic E-state index is 11.7. The van der Waals surface area contributed by atoms with Crippen LogP contribution in [0.1, 0.15) is 0 Å². The van der Waals surface area contributed by atoms with Crippen LogP contribution in [0.3, 0.4) is 0 Å². The number of hydrogen-bond acceptors (Lipinski definition) is 5. The molecule has 7 heteroatoms. The summed E-state index contributed by atoms with van der Waals surface area (Å²) in [7, 11) is 3.02. The van der Waals surface area contributed by atoms with Crippen molar-refractivity contribution in [2.45, 2.75) is 0 Å². The molecule has 1 amide bonds. The SMILES string of the molecule is COc1cc(N)ccc1NC(=O)CN(C)CC(=O)O. The van der Waals surface area contributed by atoms with Crippen LogP contribution in [0.25, 0.3) is 0 Å². The molecule has 1 aromatic carbocycles. The first-order chi connectivity index (χ1) is 8.92. The molecule has 0 atom stereocenters. The minimum absolute atomic E-state index is 0.0279. The highest BCUT2D eigenvalue weighted by molar-refractivity contribution is 5.94. The normalized spacial score (nSPS) is 10.3. The smallest absolute Gasteiger partial charge is 0.317 e. The van der Waals surface area contributed by atoms with Crippen LogP contribution in [-0.4, -0.2) is 49.1 Å². The van der Waals surface area contributed by atoms with Gasteiger partial charge in [0.25, 0.3) is 0 Å². The summed E-state index contributed by atoms with van der Waals surface area (Å²) in [6, 6.07) is 4.86. The second-order valence-electron chi connectivity index (χ2n) is 4.07. The van der Waals surface area contributed by atoms with Crippen molar-refractivity contribution in [1.82, 2.24) is 4.90 Å². The highest BCUT2D eigenvalue weighted by Crippen LogP contribution is 2.26. The molecular formula is C12H17N3O4. The van der Waals surface area contributed by atoms with E-state index in [1.165, 1.54) is 12.0 Å². The largest absolute Gasteiger partial charge is 0.494 e. The number of hydrogen-bond donors (Lipinski definition) is 3. The number of benzene rings is 1. The zero-order valence-corrected chi connectivity index (χ0v) is 10.8. The van der Waals surface area contributed by atoms with Crippen molar-refractivity contribution >= 4 is 23.3 Å². The van der Waals surface area contributed by atoms with Crippen LogP contribution in [0, 0.1) is 0 Å². The molecule has 0 aliphatic carbocycles. The van der Waals surface area contributed by atoms with Crippen LogP contribution in [0.15, 0.2) is 18.2 Å². The van der Waals surface area contributed by atoms with Crippen LogP contribution in [0.5, 0.6) is 5.75 Å². The molecule has 19 heavy (non-hydrogen) atoms. The summed E-state index contributed by atoms with van der Waals surface area (Å²) in [5.74, 6) is -0.860. The number of ether oxygens (including phenoxy) is 1. The molecule has 4 N–H and O–H groups in total. The van der Waals surface area contributed by atoms with Crippen LogP contribution >= 0.6 is 0 Å². The van der Waals surface area contributed by atoms with Crippen LogP contribution in [-0.2, 0) is 9.59 Å². The molecule has 0 bridgehead atoms. The lowest BCUT2D eigenvalue weighted by atomic mass is 10.2. The molecule has 0 radical (unpaired) electrons. The average Bonchev–Trinajstić information content (AvgIpc) is 2.30. The van der Waals surface area contributed by atoms with E-state index >= 15 is 0 Å². The number of nitrogens with zero attached hydrogens (tertiary/aromatic N) is 1. The second kappa shape index (κ2) is 6.60. The number of nitrogens with one attached hydrogen (secondary N) is 1.